The number of halogens is 2. The van der Waals surface area contributed by atoms with Crippen LogP contribution in [0.3, 0.4) is 0 Å². The predicted octanol–water partition coefficient (Wildman–Crippen LogP) is 2.15. The third-order valence-electron chi connectivity index (χ3n) is 2.65. The Labute approximate surface area is 74.2 Å². The standard InChI is InChI=1S/C8H16FN.ClH/c1-6(2)8(3)4-7(9)5-10-8;/h6-7,10H,4-5H2,1-3H3;1H. The molecule has 1 N–H and O–H groups in total. The molecule has 0 aliphatic carbocycles. The van der Waals surface area contributed by atoms with Gasteiger partial charge >= 0.3 is 0 Å². The van der Waals surface area contributed by atoms with Gasteiger partial charge in [0.1, 0.15) is 6.17 Å². The molecule has 0 aromatic rings. The van der Waals surface area contributed by atoms with Crippen LogP contribution in [0.25, 0.3) is 0 Å². The first-order chi connectivity index (χ1) is 4.54. The Morgan fingerprint density at radius 1 is 1.55 bits per heavy atom. The Morgan fingerprint density at radius 3 is 2.27 bits per heavy atom. The lowest BCUT2D eigenvalue weighted by molar-refractivity contribution is 0.273. The third kappa shape index (κ3) is 2.31. The van der Waals surface area contributed by atoms with Crippen LogP contribution in [-0.4, -0.2) is 18.3 Å². The summed E-state index contributed by atoms with van der Waals surface area (Å²) in [5, 5.41) is 3.21. The van der Waals surface area contributed by atoms with Gasteiger partial charge in [-0.25, -0.2) is 4.39 Å². The van der Waals surface area contributed by atoms with Crippen molar-refractivity contribution in [3.8, 4) is 0 Å². The largest absolute Gasteiger partial charge is 0.308 e. The van der Waals surface area contributed by atoms with Crippen LogP contribution in [0.2, 0.25) is 0 Å². The Balaban J connectivity index is 0.000001000. The van der Waals surface area contributed by atoms with Gasteiger partial charge in [0, 0.05) is 12.1 Å². The van der Waals surface area contributed by atoms with Gasteiger partial charge in [0.25, 0.3) is 0 Å². The maximum atomic E-state index is 12.7. The van der Waals surface area contributed by atoms with Crippen molar-refractivity contribution in [1.82, 2.24) is 5.32 Å². The van der Waals surface area contributed by atoms with Gasteiger partial charge in [-0.15, -0.1) is 12.4 Å². The summed E-state index contributed by atoms with van der Waals surface area (Å²) in [5.74, 6) is 0.522. The van der Waals surface area contributed by atoms with E-state index in [2.05, 4.69) is 26.1 Å². The van der Waals surface area contributed by atoms with Crippen LogP contribution >= 0.6 is 12.4 Å². The number of nitrogens with one attached hydrogen (secondary N) is 1. The van der Waals surface area contributed by atoms with Crippen LogP contribution < -0.4 is 5.32 Å². The minimum absolute atomic E-state index is 0. The molecule has 3 heteroatoms. The summed E-state index contributed by atoms with van der Waals surface area (Å²) in [7, 11) is 0. The molecule has 1 aliphatic rings. The molecule has 1 heterocycles. The monoisotopic (exact) mass is 181 g/mol. The van der Waals surface area contributed by atoms with Crippen molar-refractivity contribution in [3.63, 3.8) is 0 Å². The maximum absolute atomic E-state index is 12.7. The highest BCUT2D eigenvalue weighted by Gasteiger charge is 2.36. The SMILES string of the molecule is CC(C)C1(C)CC(F)CN1.Cl. The number of hydrogen-bond acceptors (Lipinski definition) is 1. The number of rotatable bonds is 1. The Hall–Kier alpha value is 0.180. The van der Waals surface area contributed by atoms with Crippen LogP contribution in [-0.2, 0) is 0 Å². The predicted molar refractivity (Wildman–Crippen MR) is 48.0 cm³/mol. The average Bonchev–Trinajstić information content (AvgIpc) is 2.13. The van der Waals surface area contributed by atoms with Gasteiger partial charge in [-0.1, -0.05) is 13.8 Å². The van der Waals surface area contributed by atoms with E-state index in [4.69, 9.17) is 0 Å². The molecule has 1 fully saturated rings. The van der Waals surface area contributed by atoms with Gasteiger partial charge in [-0.3, -0.25) is 0 Å². The molecule has 0 bridgehead atoms. The van der Waals surface area contributed by atoms with E-state index < -0.39 is 6.17 Å². The fourth-order valence-electron chi connectivity index (χ4n) is 1.39. The first-order valence-electron chi connectivity index (χ1n) is 3.94. The summed E-state index contributed by atoms with van der Waals surface area (Å²) in [6.07, 6.45) is 0.0393. The molecular weight excluding hydrogens is 165 g/mol. The summed E-state index contributed by atoms with van der Waals surface area (Å²) in [5.41, 5.74) is 0.0411. The Morgan fingerprint density at radius 2 is 2.09 bits per heavy atom. The second-order valence-corrected chi connectivity index (χ2v) is 3.75. The van der Waals surface area contributed by atoms with Gasteiger partial charge in [-0.05, 0) is 19.3 Å². The van der Waals surface area contributed by atoms with Crippen molar-refractivity contribution in [2.24, 2.45) is 5.92 Å². The van der Waals surface area contributed by atoms with Crippen molar-refractivity contribution in [2.75, 3.05) is 6.54 Å². The molecule has 1 aliphatic heterocycles. The molecular formula is C8H17ClFN. The van der Waals surface area contributed by atoms with E-state index in [0.29, 0.717) is 18.9 Å². The quantitative estimate of drug-likeness (QED) is 0.654. The molecule has 68 valence electrons. The molecule has 0 aromatic heterocycles. The summed E-state index contributed by atoms with van der Waals surface area (Å²) in [4.78, 5) is 0. The van der Waals surface area contributed by atoms with Crippen molar-refractivity contribution in [1.29, 1.82) is 0 Å². The summed E-state index contributed by atoms with van der Waals surface area (Å²) in [6.45, 7) is 6.89. The van der Waals surface area contributed by atoms with E-state index in [0.717, 1.165) is 0 Å². The van der Waals surface area contributed by atoms with Gasteiger partial charge < -0.3 is 5.32 Å². The average molecular weight is 182 g/mol. The zero-order valence-electron chi connectivity index (χ0n) is 7.36. The first kappa shape index (κ1) is 11.2. The molecule has 0 aromatic carbocycles. The van der Waals surface area contributed by atoms with Gasteiger partial charge in [0.2, 0.25) is 0 Å². The molecule has 11 heavy (non-hydrogen) atoms. The minimum Gasteiger partial charge on any atom is -0.308 e. The molecule has 2 unspecified atom stereocenters. The fourth-order valence-corrected chi connectivity index (χ4v) is 1.39. The van der Waals surface area contributed by atoms with Crippen LogP contribution in [0.4, 0.5) is 4.39 Å². The smallest absolute Gasteiger partial charge is 0.114 e. The molecule has 2 atom stereocenters. The van der Waals surface area contributed by atoms with Crippen molar-refractivity contribution < 1.29 is 4.39 Å². The van der Waals surface area contributed by atoms with E-state index in [1.807, 2.05) is 0 Å². The van der Waals surface area contributed by atoms with E-state index in [1.54, 1.807) is 0 Å². The fraction of sp³-hybridized carbons (Fsp3) is 1.00. The second kappa shape index (κ2) is 3.72. The maximum Gasteiger partial charge on any atom is 0.114 e. The summed E-state index contributed by atoms with van der Waals surface area (Å²) in [6, 6.07) is 0. The molecule has 0 spiro atoms. The van der Waals surface area contributed by atoms with Crippen LogP contribution in [0.15, 0.2) is 0 Å². The first-order valence-corrected chi connectivity index (χ1v) is 3.94. The van der Waals surface area contributed by atoms with E-state index >= 15 is 0 Å². The topological polar surface area (TPSA) is 12.0 Å². The zero-order chi connectivity index (χ0) is 7.78. The highest BCUT2D eigenvalue weighted by Crippen LogP contribution is 2.28. The van der Waals surface area contributed by atoms with Crippen molar-refractivity contribution >= 4 is 12.4 Å². The molecule has 1 rings (SSSR count). The van der Waals surface area contributed by atoms with Crippen molar-refractivity contribution in [3.05, 3.63) is 0 Å². The van der Waals surface area contributed by atoms with E-state index in [-0.39, 0.29) is 17.9 Å². The van der Waals surface area contributed by atoms with Crippen LogP contribution in [0, 0.1) is 5.92 Å². The minimum atomic E-state index is -0.632. The van der Waals surface area contributed by atoms with E-state index in [1.165, 1.54) is 0 Å². The zero-order valence-corrected chi connectivity index (χ0v) is 8.17. The highest BCUT2D eigenvalue weighted by molar-refractivity contribution is 5.85. The normalized spacial score (nSPS) is 37.4. The van der Waals surface area contributed by atoms with Gasteiger partial charge in [0.15, 0.2) is 0 Å². The lowest BCUT2D eigenvalue weighted by atomic mass is 9.87. The Kier molecular flexibility index (Phi) is 3.78. The number of hydrogen-bond donors (Lipinski definition) is 1. The molecule has 0 radical (unpaired) electrons. The van der Waals surface area contributed by atoms with Gasteiger partial charge in [0.05, 0.1) is 0 Å². The van der Waals surface area contributed by atoms with Gasteiger partial charge in [-0.2, -0.15) is 0 Å². The molecule has 1 saturated heterocycles. The number of alkyl halides is 1. The molecule has 0 saturated carbocycles. The molecule has 1 nitrogen and oxygen atoms in total. The van der Waals surface area contributed by atoms with E-state index in [9.17, 15) is 4.39 Å². The van der Waals surface area contributed by atoms with Crippen molar-refractivity contribution in [2.45, 2.75) is 38.9 Å². The van der Waals surface area contributed by atoms with Crippen LogP contribution in [0.5, 0.6) is 0 Å². The lowest BCUT2D eigenvalue weighted by Gasteiger charge is -2.28. The summed E-state index contributed by atoms with van der Waals surface area (Å²) < 4.78 is 12.7. The van der Waals surface area contributed by atoms with Crippen LogP contribution in [0.1, 0.15) is 27.2 Å². The summed E-state index contributed by atoms with van der Waals surface area (Å²) >= 11 is 0. The highest BCUT2D eigenvalue weighted by atomic mass is 35.5. The second-order valence-electron chi connectivity index (χ2n) is 3.75. The lowest BCUT2D eigenvalue weighted by Crippen LogP contribution is -2.41. The Bertz CT molecular complexity index is 129. The molecule has 0 amide bonds. The third-order valence-corrected chi connectivity index (χ3v) is 2.65.